The van der Waals surface area contributed by atoms with Crippen molar-refractivity contribution in [3.05, 3.63) is 58.4 Å². The number of aryl methyl sites for hydroxylation is 2. The topological polar surface area (TPSA) is 46.2 Å². The van der Waals surface area contributed by atoms with Gasteiger partial charge >= 0.3 is 0 Å². The van der Waals surface area contributed by atoms with Crippen molar-refractivity contribution in [1.29, 1.82) is 0 Å². The summed E-state index contributed by atoms with van der Waals surface area (Å²) in [6.07, 6.45) is 0. The average molecular weight is 351 g/mol. The molecule has 0 aliphatic carbocycles. The fourth-order valence-electron chi connectivity index (χ4n) is 1.98. The number of hydrogen-bond donors (Lipinski definition) is 1. The van der Waals surface area contributed by atoms with Crippen LogP contribution in [0.4, 0.5) is 27.6 Å². The lowest BCUT2D eigenvalue weighted by molar-refractivity contribution is 0.382. The van der Waals surface area contributed by atoms with Gasteiger partial charge < -0.3 is 0 Å². The molecular formula is C14H10F5NO2S. The summed E-state index contributed by atoms with van der Waals surface area (Å²) in [4.78, 5) is -0.341. The SMILES string of the molecule is Cc1ccc(S(=O)(=O)Nc2c(F)c(F)c(F)c(F)c2F)c(C)c1. The molecule has 0 saturated carbocycles. The molecule has 0 radical (unpaired) electrons. The Balaban J connectivity index is 2.58. The van der Waals surface area contributed by atoms with E-state index in [1.54, 1.807) is 6.92 Å². The Hall–Kier alpha value is -2.16. The highest BCUT2D eigenvalue weighted by atomic mass is 32.2. The van der Waals surface area contributed by atoms with Gasteiger partial charge in [-0.05, 0) is 25.5 Å². The quantitative estimate of drug-likeness (QED) is 0.519. The van der Waals surface area contributed by atoms with Crippen LogP contribution in [0.2, 0.25) is 0 Å². The maximum absolute atomic E-state index is 13.6. The number of nitrogens with one attached hydrogen (secondary N) is 1. The summed E-state index contributed by atoms with van der Waals surface area (Å²) < 4.78 is 92.1. The van der Waals surface area contributed by atoms with Gasteiger partial charge in [0.1, 0.15) is 5.69 Å². The van der Waals surface area contributed by atoms with Crippen LogP contribution in [0.5, 0.6) is 0 Å². The van der Waals surface area contributed by atoms with E-state index in [1.165, 1.54) is 29.8 Å². The molecule has 9 heteroatoms. The number of halogens is 5. The maximum atomic E-state index is 13.6. The first-order valence-electron chi connectivity index (χ1n) is 6.17. The summed E-state index contributed by atoms with van der Waals surface area (Å²) in [7, 11) is -4.54. The predicted molar refractivity (Wildman–Crippen MR) is 73.0 cm³/mol. The van der Waals surface area contributed by atoms with Gasteiger partial charge in [0.15, 0.2) is 23.3 Å². The van der Waals surface area contributed by atoms with Crippen molar-refractivity contribution in [1.82, 2.24) is 0 Å². The Kier molecular flexibility index (Phi) is 4.34. The third kappa shape index (κ3) is 3.00. The molecule has 0 spiro atoms. The van der Waals surface area contributed by atoms with E-state index in [-0.39, 0.29) is 10.5 Å². The molecule has 0 saturated heterocycles. The van der Waals surface area contributed by atoms with Crippen molar-refractivity contribution in [2.24, 2.45) is 0 Å². The highest BCUT2D eigenvalue weighted by Gasteiger charge is 2.29. The van der Waals surface area contributed by atoms with Crippen LogP contribution in [0.25, 0.3) is 0 Å². The third-order valence-electron chi connectivity index (χ3n) is 3.07. The molecule has 0 atom stereocenters. The zero-order valence-electron chi connectivity index (χ0n) is 11.8. The maximum Gasteiger partial charge on any atom is 0.262 e. The van der Waals surface area contributed by atoms with E-state index >= 15 is 0 Å². The van der Waals surface area contributed by atoms with E-state index in [2.05, 4.69) is 0 Å². The molecule has 2 aromatic carbocycles. The largest absolute Gasteiger partial charge is 0.274 e. The van der Waals surface area contributed by atoms with E-state index in [9.17, 15) is 30.4 Å². The highest BCUT2D eigenvalue weighted by molar-refractivity contribution is 7.92. The summed E-state index contributed by atoms with van der Waals surface area (Å²) in [6, 6.07) is 4.09. The first-order valence-corrected chi connectivity index (χ1v) is 7.66. The Morgan fingerprint density at radius 1 is 0.826 bits per heavy atom. The zero-order valence-corrected chi connectivity index (χ0v) is 12.7. The fourth-order valence-corrected chi connectivity index (χ4v) is 3.27. The second-order valence-corrected chi connectivity index (χ2v) is 6.47. The van der Waals surface area contributed by atoms with Crippen LogP contribution in [0.3, 0.4) is 0 Å². The summed E-state index contributed by atoms with van der Waals surface area (Å²) >= 11 is 0. The monoisotopic (exact) mass is 351 g/mol. The number of rotatable bonds is 3. The minimum atomic E-state index is -4.54. The van der Waals surface area contributed by atoms with Crippen molar-refractivity contribution < 1.29 is 30.4 Å². The Bertz CT molecular complexity index is 868. The second kappa shape index (κ2) is 5.80. The molecule has 0 amide bonds. The number of sulfonamides is 1. The van der Waals surface area contributed by atoms with Gasteiger partial charge in [-0.25, -0.2) is 30.4 Å². The predicted octanol–water partition coefficient (Wildman–Crippen LogP) is 3.80. The van der Waals surface area contributed by atoms with Gasteiger partial charge in [-0.15, -0.1) is 0 Å². The van der Waals surface area contributed by atoms with Crippen LogP contribution >= 0.6 is 0 Å². The fraction of sp³-hybridized carbons (Fsp3) is 0.143. The second-order valence-electron chi connectivity index (χ2n) is 4.82. The van der Waals surface area contributed by atoms with E-state index < -0.39 is 44.8 Å². The van der Waals surface area contributed by atoms with Crippen molar-refractivity contribution in [3.8, 4) is 0 Å². The molecule has 0 fully saturated rings. The van der Waals surface area contributed by atoms with Crippen molar-refractivity contribution in [2.75, 3.05) is 4.72 Å². The molecule has 23 heavy (non-hydrogen) atoms. The highest BCUT2D eigenvalue weighted by Crippen LogP contribution is 2.29. The Morgan fingerprint density at radius 3 is 1.78 bits per heavy atom. The Morgan fingerprint density at radius 2 is 1.30 bits per heavy atom. The minimum Gasteiger partial charge on any atom is -0.274 e. The lowest BCUT2D eigenvalue weighted by atomic mass is 10.2. The van der Waals surface area contributed by atoms with Gasteiger partial charge in [0, 0.05) is 0 Å². The molecule has 0 bridgehead atoms. The molecule has 0 aromatic heterocycles. The van der Waals surface area contributed by atoms with Gasteiger partial charge in [-0.3, -0.25) is 4.72 Å². The standard InChI is InChI=1S/C14H10F5NO2S/c1-6-3-4-8(7(2)5-6)23(21,22)20-14-12(18)10(16)9(15)11(17)13(14)19/h3-5,20H,1-2H3. The first kappa shape index (κ1) is 17.2. The molecule has 0 unspecified atom stereocenters. The van der Waals surface area contributed by atoms with Crippen molar-refractivity contribution in [2.45, 2.75) is 18.7 Å². The lowest BCUT2D eigenvalue weighted by Gasteiger charge is -2.13. The summed E-state index contributed by atoms with van der Waals surface area (Å²) in [5.41, 5.74) is -0.638. The lowest BCUT2D eigenvalue weighted by Crippen LogP contribution is -2.18. The molecule has 0 aliphatic heterocycles. The van der Waals surface area contributed by atoms with Gasteiger partial charge in [0.25, 0.3) is 10.0 Å². The third-order valence-corrected chi connectivity index (χ3v) is 4.58. The Labute approximate surface area is 128 Å². The van der Waals surface area contributed by atoms with Crippen LogP contribution in [0, 0.1) is 42.9 Å². The summed E-state index contributed by atoms with van der Waals surface area (Å²) in [5.74, 6) is -11.3. The molecule has 2 rings (SSSR count). The van der Waals surface area contributed by atoms with Gasteiger partial charge in [-0.2, -0.15) is 0 Å². The van der Waals surface area contributed by atoms with E-state index in [0.29, 0.717) is 0 Å². The van der Waals surface area contributed by atoms with Crippen LogP contribution in [0.15, 0.2) is 23.1 Å². The molecule has 1 N–H and O–H groups in total. The van der Waals surface area contributed by atoms with Crippen molar-refractivity contribution >= 4 is 15.7 Å². The number of hydrogen-bond acceptors (Lipinski definition) is 2. The van der Waals surface area contributed by atoms with Gasteiger partial charge in [0.2, 0.25) is 5.82 Å². The van der Waals surface area contributed by atoms with Gasteiger partial charge in [-0.1, -0.05) is 17.7 Å². The molecule has 2 aromatic rings. The summed E-state index contributed by atoms with van der Waals surface area (Å²) in [5, 5.41) is 0. The molecule has 124 valence electrons. The van der Waals surface area contributed by atoms with E-state index in [0.717, 1.165) is 5.56 Å². The number of anilines is 1. The van der Waals surface area contributed by atoms with E-state index in [4.69, 9.17) is 0 Å². The first-order chi connectivity index (χ1) is 10.6. The van der Waals surface area contributed by atoms with Crippen molar-refractivity contribution in [3.63, 3.8) is 0 Å². The van der Waals surface area contributed by atoms with E-state index in [1.807, 2.05) is 0 Å². The van der Waals surface area contributed by atoms with Crippen LogP contribution in [0.1, 0.15) is 11.1 Å². The smallest absolute Gasteiger partial charge is 0.262 e. The molecular weight excluding hydrogens is 341 g/mol. The zero-order chi connectivity index (χ0) is 17.5. The molecule has 0 aliphatic rings. The summed E-state index contributed by atoms with van der Waals surface area (Å²) in [6.45, 7) is 3.13. The normalized spacial score (nSPS) is 11.6. The van der Waals surface area contributed by atoms with Gasteiger partial charge in [0.05, 0.1) is 4.90 Å². The number of benzene rings is 2. The average Bonchev–Trinajstić information content (AvgIpc) is 2.47. The molecule has 3 nitrogen and oxygen atoms in total. The van der Waals surface area contributed by atoms with Crippen LogP contribution in [-0.2, 0) is 10.0 Å². The van der Waals surface area contributed by atoms with Crippen LogP contribution in [-0.4, -0.2) is 8.42 Å². The minimum absolute atomic E-state index is 0.251. The van der Waals surface area contributed by atoms with Crippen LogP contribution < -0.4 is 4.72 Å². The molecule has 0 heterocycles.